The first-order valence-electron chi connectivity index (χ1n) is 11.5. The number of benzene rings is 2. The van der Waals surface area contributed by atoms with Crippen molar-refractivity contribution in [1.29, 1.82) is 0 Å². The summed E-state index contributed by atoms with van der Waals surface area (Å²) in [7, 11) is 0. The standard InChI is InChI=1S/C25H29N4O4/c1-2-31-17-21(33-25(30)32-20-8-4-3-5-9-20)16-18-12-14-19(15-13-18)22-10-6-7-11-23(22)24-26-28-29-27-24/h6-7,10-15,20H,2-5,8-9,16-17H2,1H3,(H,26,27,28,29). The molecule has 1 N–H and O–H groups in total. The maximum Gasteiger partial charge on any atom is 0.509 e. The van der Waals surface area contributed by atoms with Crippen molar-refractivity contribution in [3.63, 3.8) is 0 Å². The molecule has 1 radical (unpaired) electrons. The third-order valence-corrected chi connectivity index (χ3v) is 5.70. The Balaban J connectivity index is 1.42. The summed E-state index contributed by atoms with van der Waals surface area (Å²) in [5.74, 6) is 0.617. The SMILES string of the molecule is CCOC[C](Cc1ccc(-c2ccccc2-c2nnn[nH]2)cc1)OC(=O)OC1CCCCC1. The van der Waals surface area contributed by atoms with Gasteiger partial charge in [0.1, 0.15) is 6.10 Å². The lowest BCUT2D eigenvalue weighted by Gasteiger charge is -2.23. The number of ether oxygens (including phenoxy) is 3. The maximum atomic E-state index is 12.3. The fourth-order valence-corrected chi connectivity index (χ4v) is 4.04. The summed E-state index contributed by atoms with van der Waals surface area (Å²) in [6.45, 7) is 2.70. The van der Waals surface area contributed by atoms with Crippen LogP contribution in [-0.4, -0.2) is 46.1 Å². The lowest BCUT2D eigenvalue weighted by atomic mass is 9.97. The number of nitrogens with zero attached hydrogens (tertiary/aromatic N) is 3. The second-order valence-corrected chi connectivity index (χ2v) is 8.07. The average Bonchev–Trinajstić information content (AvgIpc) is 3.39. The molecule has 0 aliphatic heterocycles. The van der Waals surface area contributed by atoms with Gasteiger partial charge < -0.3 is 14.2 Å². The van der Waals surface area contributed by atoms with Crippen molar-refractivity contribution in [1.82, 2.24) is 20.6 Å². The topological polar surface area (TPSA) is 99.2 Å². The normalized spacial score (nSPS) is 14.4. The number of aromatic amines is 1. The Bertz CT molecular complexity index is 1000. The molecule has 173 valence electrons. The highest BCUT2D eigenvalue weighted by molar-refractivity contribution is 5.80. The first-order chi connectivity index (χ1) is 16.2. The van der Waals surface area contributed by atoms with Gasteiger partial charge in [-0.1, -0.05) is 55.0 Å². The van der Waals surface area contributed by atoms with Crippen LogP contribution in [-0.2, 0) is 20.6 Å². The molecular weight excluding hydrogens is 420 g/mol. The molecule has 0 saturated heterocycles. The summed E-state index contributed by atoms with van der Waals surface area (Å²) >= 11 is 0. The molecule has 1 aliphatic carbocycles. The van der Waals surface area contributed by atoms with Crippen molar-refractivity contribution >= 4 is 6.16 Å². The highest BCUT2D eigenvalue weighted by Gasteiger charge is 2.23. The van der Waals surface area contributed by atoms with Gasteiger partial charge in [-0.05, 0) is 59.7 Å². The quantitative estimate of drug-likeness (QED) is 0.452. The first kappa shape index (κ1) is 22.9. The highest BCUT2D eigenvalue weighted by atomic mass is 16.7. The summed E-state index contributed by atoms with van der Waals surface area (Å²) < 4.78 is 16.6. The smallest absolute Gasteiger partial charge is 0.431 e. The van der Waals surface area contributed by atoms with E-state index in [0.717, 1.165) is 47.9 Å². The van der Waals surface area contributed by atoms with E-state index in [-0.39, 0.29) is 12.7 Å². The Morgan fingerprint density at radius 2 is 1.79 bits per heavy atom. The predicted octanol–water partition coefficient (Wildman–Crippen LogP) is 5.13. The number of H-pyrrole nitrogens is 1. The van der Waals surface area contributed by atoms with Crippen LogP contribution in [0.4, 0.5) is 4.79 Å². The maximum absolute atomic E-state index is 12.3. The Kier molecular flexibility index (Phi) is 8.03. The number of hydrogen-bond acceptors (Lipinski definition) is 7. The highest BCUT2D eigenvalue weighted by Crippen LogP contribution is 2.30. The van der Waals surface area contributed by atoms with Crippen molar-refractivity contribution in [2.75, 3.05) is 13.2 Å². The van der Waals surface area contributed by atoms with E-state index in [1.807, 2.05) is 55.5 Å². The van der Waals surface area contributed by atoms with E-state index in [2.05, 4.69) is 20.6 Å². The van der Waals surface area contributed by atoms with Crippen molar-refractivity contribution in [3.05, 3.63) is 60.2 Å². The van der Waals surface area contributed by atoms with Gasteiger partial charge in [-0.2, -0.15) is 0 Å². The number of rotatable bonds is 9. The van der Waals surface area contributed by atoms with E-state index >= 15 is 0 Å². The molecule has 0 unspecified atom stereocenters. The predicted molar refractivity (Wildman–Crippen MR) is 123 cm³/mol. The minimum absolute atomic E-state index is 0.0430. The number of carbonyl (C=O) groups is 1. The Morgan fingerprint density at radius 1 is 1.03 bits per heavy atom. The Morgan fingerprint density at radius 3 is 2.48 bits per heavy atom. The summed E-state index contributed by atoms with van der Waals surface area (Å²) in [4.78, 5) is 12.3. The Labute approximate surface area is 193 Å². The second kappa shape index (κ2) is 11.6. The largest absolute Gasteiger partial charge is 0.509 e. The van der Waals surface area contributed by atoms with E-state index in [1.165, 1.54) is 6.42 Å². The Hall–Kier alpha value is -3.26. The van der Waals surface area contributed by atoms with Crippen LogP contribution in [0.3, 0.4) is 0 Å². The summed E-state index contributed by atoms with van der Waals surface area (Å²) in [6, 6.07) is 16.1. The van der Waals surface area contributed by atoms with Crippen molar-refractivity contribution in [2.45, 2.75) is 51.6 Å². The van der Waals surface area contributed by atoms with Gasteiger partial charge in [-0.3, -0.25) is 0 Å². The average molecular weight is 450 g/mol. The molecule has 3 aromatic rings. The molecule has 0 atom stereocenters. The van der Waals surface area contributed by atoms with Crippen LogP contribution in [0.2, 0.25) is 0 Å². The molecule has 1 fully saturated rings. The summed E-state index contributed by atoms with van der Waals surface area (Å²) in [6.07, 6.45) is 5.53. The van der Waals surface area contributed by atoms with Gasteiger partial charge in [-0.25, -0.2) is 9.89 Å². The summed E-state index contributed by atoms with van der Waals surface area (Å²) in [5.41, 5.74) is 3.99. The lowest BCUT2D eigenvalue weighted by Crippen LogP contribution is -2.25. The van der Waals surface area contributed by atoms with Crippen LogP contribution >= 0.6 is 0 Å². The summed E-state index contributed by atoms with van der Waals surface area (Å²) in [5, 5.41) is 14.2. The molecule has 0 amide bonds. The van der Waals surface area contributed by atoms with Crippen molar-refractivity contribution in [3.8, 4) is 22.5 Å². The number of nitrogens with one attached hydrogen (secondary N) is 1. The third-order valence-electron chi connectivity index (χ3n) is 5.70. The van der Waals surface area contributed by atoms with Crippen molar-refractivity contribution in [2.24, 2.45) is 0 Å². The fourth-order valence-electron chi connectivity index (χ4n) is 4.04. The number of tetrazole rings is 1. The van der Waals surface area contributed by atoms with E-state index in [4.69, 9.17) is 14.2 Å². The van der Waals surface area contributed by atoms with E-state index in [0.29, 0.717) is 25.0 Å². The van der Waals surface area contributed by atoms with Gasteiger partial charge in [0.2, 0.25) is 0 Å². The zero-order valence-corrected chi connectivity index (χ0v) is 18.8. The monoisotopic (exact) mass is 449 g/mol. The van der Waals surface area contributed by atoms with Gasteiger partial charge in [0.15, 0.2) is 11.9 Å². The lowest BCUT2D eigenvalue weighted by molar-refractivity contribution is -0.000925. The van der Waals surface area contributed by atoms with Crippen LogP contribution in [0.1, 0.15) is 44.6 Å². The first-order valence-corrected chi connectivity index (χ1v) is 11.5. The van der Waals surface area contributed by atoms with Crippen LogP contribution < -0.4 is 0 Å². The molecule has 2 aromatic carbocycles. The molecule has 1 heterocycles. The number of carbonyl (C=O) groups excluding carboxylic acids is 1. The van der Waals surface area contributed by atoms with E-state index in [9.17, 15) is 4.79 Å². The molecule has 1 saturated carbocycles. The molecule has 0 spiro atoms. The van der Waals surface area contributed by atoms with Crippen LogP contribution in [0.25, 0.3) is 22.5 Å². The number of aromatic nitrogens is 4. The molecule has 8 nitrogen and oxygen atoms in total. The van der Waals surface area contributed by atoms with E-state index in [1.54, 1.807) is 0 Å². The zero-order chi connectivity index (χ0) is 22.9. The molecule has 0 bridgehead atoms. The van der Waals surface area contributed by atoms with E-state index < -0.39 is 6.16 Å². The van der Waals surface area contributed by atoms with Gasteiger partial charge in [0.25, 0.3) is 0 Å². The minimum Gasteiger partial charge on any atom is -0.431 e. The molecule has 4 rings (SSSR count). The molecular formula is C25H29N4O4. The third kappa shape index (κ3) is 6.38. The second-order valence-electron chi connectivity index (χ2n) is 8.07. The van der Waals surface area contributed by atoms with Gasteiger partial charge >= 0.3 is 6.16 Å². The minimum atomic E-state index is -0.636. The van der Waals surface area contributed by atoms with Crippen LogP contribution in [0, 0.1) is 6.10 Å². The number of hydrogen-bond donors (Lipinski definition) is 1. The zero-order valence-electron chi connectivity index (χ0n) is 18.8. The van der Waals surface area contributed by atoms with Crippen LogP contribution in [0.15, 0.2) is 48.5 Å². The fraction of sp³-hybridized carbons (Fsp3) is 0.400. The van der Waals surface area contributed by atoms with Gasteiger partial charge in [-0.15, -0.1) is 5.10 Å². The molecule has 1 aromatic heterocycles. The molecule has 8 heteroatoms. The van der Waals surface area contributed by atoms with Crippen molar-refractivity contribution < 1.29 is 19.0 Å². The molecule has 33 heavy (non-hydrogen) atoms. The molecule has 1 aliphatic rings. The van der Waals surface area contributed by atoms with Crippen LogP contribution in [0.5, 0.6) is 0 Å². The van der Waals surface area contributed by atoms with Gasteiger partial charge in [0.05, 0.1) is 6.61 Å². The van der Waals surface area contributed by atoms with Gasteiger partial charge in [0, 0.05) is 18.6 Å².